The molecule has 4 heterocycles. The lowest BCUT2D eigenvalue weighted by Crippen LogP contribution is -2.17. The maximum Gasteiger partial charge on any atom is 0.317 e. The third-order valence-electron chi connectivity index (χ3n) is 6.66. The van der Waals surface area contributed by atoms with Crippen LogP contribution in [0.15, 0.2) is 59.4 Å². The molecule has 7 rings (SSSR count). The molecule has 0 N–H and O–H groups in total. The first-order valence-electron chi connectivity index (χ1n) is 13.3. The highest BCUT2D eigenvalue weighted by molar-refractivity contribution is 8.47. The van der Waals surface area contributed by atoms with E-state index in [1.54, 1.807) is 6.92 Å². The van der Waals surface area contributed by atoms with E-state index in [9.17, 15) is 9.59 Å². The smallest absolute Gasteiger partial charge is 0.317 e. The molecule has 0 radical (unpaired) electrons. The Bertz CT molecular complexity index is 1790. The highest BCUT2D eigenvalue weighted by Gasteiger charge is 2.29. The summed E-state index contributed by atoms with van der Waals surface area (Å²) in [5.41, 5.74) is 0.900. The van der Waals surface area contributed by atoms with Crippen molar-refractivity contribution < 1.29 is 19.1 Å². The number of esters is 2. The van der Waals surface area contributed by atoms with Gasteiger partial charge in [0.25, 0.3) is 0 Å². The Balaban J connectivity index is 1.39. The van der Waals surface area contributed by atoms with Crippen molar-refractivity contribution in [3.63, 3.8) is 0 Å². The predicted molar refractivity (Wildman–Crippen MR) is 193 cm³/mol. The van der Waals surface area contributed by atoms with Crippen LogP contribution in [0.4, 0.5) is 0 Å². The second-order valence-electron chi connectivity index (χ2n) is 9.34. The van der Waals surface area contributed by atoms with Crippen LogP contribution < -0.4 is 10.4 Å². The van der Waals surface area contributed by atoms with Crippen molar-refractivity contribution in [2.24, 2.45) is 0 Å². The van der Waals surface area contributed by atoms with Crippen molar-refractivity contribution in [3.8, 4) is 0 Å². The maximum atomic E-state index is 12.4. The van der Waals surface area contributed by atoms with E-state index in [-0.39, 0.29) is 19.6 Å². The standard InChI is InChI=1S/C30H24O4S8/c1-2-33-21(31)14-22(32)34-15-16-7-8-19-20(13-16)24(26-41-29-30(42-26)38-12-11-37-29)18-6-4-3-5-17(18)23(19)25-39-27-28(40-25)36-10-9-35-27/h3-8,13H,2,9-12,14-15H2,1H3. The Morgan fingerprint density at radius 1 is 0.619 bits per heavy atom. The quantitative estimate of drug-likeness (QED) is 0.146. The van der Waals surface area contributed by atoms with E-state index in [0.29, 0.717) is 0 Å². The molecule has 0 fully saturated rings. The molecule has 4 aliphatic rings. The van der Waals surface area contributed by atoms with Crippen LogP contribution in [0.25, 0.3) is 30.0 Å². The molecular formula is C30H24O4S8. The highest BCUT2D eigenvalue weighted by Crippen LogP contribution is 2.61. The van der Waals surface area contributed by atoms with Crippen molar-refractivity contribution >= 4 is 136 Å². The molecule has 0 atom stereocenters. The summed E-state index contributed by atoms with van der Waals surface area (Å²) >= 11 is 15.5. The van der Waals surface area contributed by atoms with Gasteiger partial charge in [-0.25, -0.2) is 0 Å². The third kappa shape index (κ3) is 6.03. The summed E-state index contributed by atoms with van der Waals surface area (Å²) in [5, 5.41) is 7.46. The molecular weight excluding hydrogens is 681 g/mol. The molecule has 42 heavy (non-hydrogen) atoms. The fourth-order valence-corrected chi connectivity index (χ4v) is 17.1. The number of rotatable bonds is 5. The van der Waals surface area contributed by atoms with Crippen molar-refractivity contribution in [3.05, 3.63) is 75.4 Å². The summed E-state index contributed by atoms with van der Waals surface area (Å²) in [6, 6.07) is 15.2. The molecule has 4 nitrogen and oxygen atoms in total. The Kier molecular flexibility index (Phi) is 9.41. The predicted octanol–water partition coefficient (Wildman–Crippen LogP) is 8.29. The van der Waals surface area contributed by atoms with Crippen LogP contribution >= 0.6 is 94.1 Å². The van der Waals surface area contributed by atoms with Crippen LogP contribution in [0, 0.1) is 0 Å². The van der Waals surface area contributed by atoms with Gasteiger partial charge in [0.05, 0.1) is 32.0 Å². The molecule has 216 valence electrons. The summed E-state index contributed by atoms with van der Waals surface area (Å²) in [5.74, 6) is 3.47. The molecule has 0 saturated heterocycles. The van der Waals surface area contributed by atoms with Crippen LogP contribution in [0.2, 0.25) is 0 Å². The molecule has 0 bridgehead atoms. The SMILES string of the molecule is CCOC(=O)CC(=O)OCc1ccc2c(=C3SC4=C(SCCS4)S3)c3ccccc3c(=C3SC4=C(SCCS4)S3)c2c1. The Hall–Kier alpha value is -0.860. The van der Waals surface area contributed by atoms with Crippen molar-refractivity contribution in [1.29, 1.82) is 0 Å². The van der Waals surface area contributed by atoms with Crippen LogP contribution in [-0.2, 0) is 25.7 Å². The Labute approximate surface area is 277 Å². The first-order chi connectivity index (χ1) is 20.6. The van der Waals surface area contributed by atoms with E-state index in [0.717, 1.165) is 28.6 Å². The van der Waals surface area contributed by atoms with E-state index in [2.05, 4.69) is 42.5 Å². The third-order valence-corrected chi connectivity index (χ3v) is 18.2. The molecule has 3 aromatic rings. The number of benzene rings is 3. The summed E-state index contributed by atoms with van der Waals surface area (Å²) in [6.45, 7) is 2.07. The zero-order valence-corrected chi connectivity index (χ0v) is 28.9. The van der Waals surface area contributed by atoms with Crippen LogP contribution in [-0.4, -0.2) is 41.6 Å². The second kappa shape index (κ2) is 13.2. The minimum atomic E-state index is -0.573. The van der Waals surface area contributed by atoms with Gasteiger partial charge in [0.1, 0.15) is 13.0 Å². The van der Waals surface area contributed by atoms with Gasteiger partial charge >= 0.3 is 11.9 Å². The summed E-state index contributed by atoms with van der Waals surface area (Å²) in [4.78, 5) is 24.1. The van der Waals surface area contributed by atoms with Crippen molar-refractivity contribution in [2.45, 2.75) is 20.0 Å². The lowest BCUT2D eigenvalue weighted by molar-refractivity contribution is -0.155. The molecule has 0 spiro atoms. The van der Waals surface area contributed by atoms with Gasteiger partial charge in [-0.05, 0) is 40.1 Å². The lowest BCUT2D eigenvalue weighted by Gasteiger charge is -2.13. The largest absolute Gasteiger partial charge is 0.466 e. The zero-order valence-electron chi connectivity index (χ0n) is 22.4. The van der Waals surface area contributed by atoms with E-state index < -0.39 is 11.9 Å². The minimum absolute atomic E-state index is 0.106. The lowest BCUT2D eigenvalue weighted by atomic mass is 9.97. The van der Waals surface area contributed by atoms with Crippen molar-refractivity contribution in [2.75, 3.05) is 29.6 Å². The number of fused-ring (bicyclic) bond motifs is 2. The fraction of sp³-hybridized carbons (Fsp3) is 0.267. The average molecular weight is 705 g/mol. The number of hydrogen-bond acceptors (Lipinski definition) is 12. The molecule has 0 saturated carbocycles. The van der Waals surface area contributed by atoms with Gasteiger partial charge in [-0.15, -0.1) is 47.0 Å². The summed E-state index contributed by atoms with van der Waals surface area (Å²) in [6.07, 6.45) is -0.375. The average Bonchev–Trinajstić information content (AvgIpc) is 3.63. The number of thioether (sulfide) groups is 8. The molecule has 3 aromatic carbocycles. The molecule has 0 aromatic heterocycles. The molecule has 12 heteroatoms. The second-order valence-corrected chi connectivity index (χ2v) is 19.4. The van der Waals surface area contributed by atoms with Gasteiger partial charge in [-0.2, -0.15) is 0 Å². The topological polar surface area (TPSA) is 52.6 Å². The van der Waals surface area contributed by atoms with Gasteiger partial charge in [0.2, 0.25) is 0 Å². The van der Waals surface area contributed by atoms with Gasteiger partial charge < -0.3 is 9.47 Å². The van der Waals surface area contributed by atoms with Crippen LogP contribution in [0.1, 0.15) is 18.9 Å². The number of carbonyl (C=O) groups excluding carboxylic acids is 2. The molecule has 0 aliphatic carbocycles. The fourth-order valence-electron chi connectivity index (χ4n) is 4.94. The number of carbonyl (C=O) groups is 2. The van der Waals surface area contributed by atoms with E-state index in [1.165, 1.54) is 57.4 Å². The summed E-state index contributed by atoms with van der Waals surface area (Å²) < 4.78 is 18.8. The van der Waals surface area contributed by atoms with Gasteiger partial charge in [0, 0.05) is 33.4 Å². The molecule has 0 amide bonds. The van der Waals surface area contributed by atoms with Crippen molar-refractivity contribution in [1.82, 2.24) is 0 Å². The zero-order chi connectivity index (χ0) is 28.6. The van der Waals surface area contributed by atoms with Gasteiger partial charge in [-0.1, -0.05) is 83.4 Å². The highest BCUT2D eigenvalue weighted by atomic mass is 32.3. The van der Waals surface area contributed by atoms with E-state index >= 15 is 0 Å². The first-order valence-corrected chi connectivity index (χ1v) is 20.5. The van der Waals surface area contributed by atoms with Crippen LogP contribution in [0.5, 0.6) is 0 Å². The minimum Gasteiger partial charge on any atom is -0.466 e. The Morgan fingerprint density at radius 3 is 1.62 bits per heavy atom. The Morgan fingerprint density at radius 2 is 1.10 bits per heavy atom. The maximum absolute atomic E-state index is 12.4. The van der Waals surface area contributed by atoms with Gasteiger partial charge in [-0.3, -0.25) is 9.59 Å². The van der Waals surface area contributed by atoms with E-state index in [4.69, 9.17) is 9.47 Å². The number of ether oxygens (including phenoxy) is 2. The van der Waals surface area contributed by atoms with Crippen LogP contribution in [0.3, 0.4) is 0 Å². The molecule has 4 aliphatic heterocycles. The molecule has 0 unspecified atom stereocenters. The number of hydrogen-bond donors (Lipinski definition) is 0. The first kappa shape index (κ1) is 29.8. The normalized spacial score (nSPS) is 18.6. The monoisotopic (exact) mass is 704 g/mol. The van der Waals surface area contributed by atoms with E-state index in [1.807, 2.05) is 94.1 Å². The summed E-state index contributed by atoms with van der Waals surface area (Å²) in [7, 11) is 0. The van der Waals surface area contributed by atoms with Gasteiger partial charge in [0.15, 0.2) is 0 Å².